The molecule has 2 aromatic carbocycles. The predicted molar refractivity (Wildman–Crippen MR) is 95.3 cm³/mol. The quantitative estimate of drug-likeness (QED) is 0.783. The highest BCUT2D eigenvalue weighted by Crippen LogP contribution is 2.22. The van der Waals surface area contributed by atoms with Gasteiger partial charge in [0.05, 0.1) is 18.8 Å². The predicted octanol–water partition coefficient (Wildman–Crippen LogP) is 3.06. The highest BCUT2D eigenvalue weighted by Gasteiger charge is 2.25. The van der Waals surface area contributed by atoms with Crippen molar-refractivity contribution in [3.63, 3.8) is 0 Å². The maximum Gasteiger partial charge on any atom is 0.255 e. The van der Waals surface area contributed by atoms with Gasteiger partial charge < -0.3 is 15.2 Å². The Kier molecular flexibility index (Phi) is 6.38. The molecule has 0 radical (unpaired) electrons. The van der Waals surface area contributed by atoms with E-state index >= 15 is 0 Å². The lowest BCUT2D eigenvalue weighted by molar-refractivity contribution is 0.0891. The topological polar surface area (TPSA) is 58.6 Å². The van der Waals surface area contributed by atoms with E-state index in [4.69, 9.17) is 4.74 Å². The summed E-state index contributed by atoms with van der Waals surface area (Å²) in [6, 6.07) is 17.2. The van der Waals surface area contributed by atoms with Crippen LogP contribution in [0.15, 0.2) is 54.6 Å². The summed E-state index contributed by atoms with van der Waals surface area (Å²) in [6.07, 6.45) is 0.692. The molecule has 4 nitrogen and oxygen atoms in total. The zero-order chi connectivity index (χ0) is 17.4. The number of carbonyl (C=O) groups is 1. The second-order valence-electron chi connectivity index (χ2n) is 6.24. The summed E-state index contributed by atoms with van der Waals surface area (Å²) in [7, 11) is 0. The Morgan fingerprint density at radius 3 is 2.46 bits per heavy atom. The van der Waals surface area contributed by atoms with Crippen LogP contribution in [0.2, 0.25) is 0 Å². The second-order valence-corrected chi connectivity index (χ2v) is 6.24. The zero-order valence-electron chi connectivity index (χ0n) is 14.3. The molecule has 0 spiro atoms. The van der Waals surface area contributed by atoms with Crippen molar-refractivity contribution in [2.75, 3.05) is 19.8 Å². The van der Waals surface area contributed by atoms with E-state index in [0.29, 0.717) is 30.9 Å². The minimum absolute atomic E-state index is 0.00468. The number of hydrogen-bond acceptors (Lipinski definition) is 3. The summed E-state index contributed by atoms with van der Waals surface area (Å²) >= 11 is 0. The molecule has 24 heavy (non-hydrogen) atoms. The minimum Gasteiger partial charge on any atom is -0.493 e. The van der Waals surface area contributed by atoms with Crippen molar-refractivity contribution >= 4 is 5.91 Å². The summed E-state index contributed by atoms with van der Waals surface area (Å²) in [5.74, 6) is 0.387. The van der Waals surface area contributed by atoms with E-state index in [9.17, 15) is 9.90 Å². The Labute approximate surface area is 143 Å². The fourth-order valence-corrected chi connectivity index (χ4v) is 2.59. The third kappa shape index (κ3) is 4.83. The highest BCUT2D eigenvalue weighted by molar-refractivity contribution is 5.96. The molecule has 0 bridgehead atoms. The van der Waals surface area contributed by atoms with Gasteiger partial charge in [-0.2, -0.15) is 0 Å². The van der Waals surface area contributed by atoms with Crippen LogP contribution in [0.1, 0.15) is 29.8 Å². The van der Waals surface area contributed by atoms with Gasteiger partial charge in [-0.3, -0.25) is 4.79 Å². The molecular weight excluding hydrogens is 302 g/mol. The number of aliphatic hydroxyl groups excluding tert-OH is 1. The fourth-order valence-electron chi connectivity index (χ4n) is 2.59. The summed E-state index contributed by atoms with van der Waals surface area (Å²) in [5.41, 5.74) is 1.23. The molecule has 4 heteroatoms. The summed E-state index contributed by atoms with van der Waals surface area (Å²) in [6.45, 7) is 4.74. The first-order valence-electron chi connectivity index (χ1n) is 8.23. The van der Waals surface area contributed by atoms with Gasteiger partial charge in [0.2, 0.25) is 0 Å². The average Bonchev–Trinajstić information content (AvgIpc) is 2.61. The molecule has 0 aliphatic carbocycles. The van der Waals surface area contributed by atoms with Gasteiger partial charge in [0.25, 0.3) is 5.91 Å². The Morgan fingerprint density at radius 1 is 1.12 bits per heavy atom. The van der Waals surface area contributed by atoms with Crippen LogP contribution in [0, 0.1) is 5.41 Å². The van der Waals surface area contributed by atoms with Gasteiger partial charge in [-0.15, -0.1) is 0 Å². The molecule has 0 aromatic heterocycles. The van der Waals surface area contributed by atoms with Crippen LogP contribution in [0.3, 0.4) is 0 Å². The molecule has 0 aliphatic rings. The largest absolute Gasteiger partial charge is 0.493 e. The molecule has 2 aromatic rings. The van der Waals surface area contributed by atoms with E-state index in [1.165, 1.54) is 0 Å². The molecule has 128 valence electrons. The van der Waals surface area contributed by atoms with Crippen LogP contribution in [-0.4, -0.2) is 30.8 Å². The smallest absolute Gasteiger partial charge is 0.255 e. The molecule has 2 rings (SSSR count). The van der Waals surface area contributed by atoms with Crippen LogP contribution in [-0.2, 0) is 6.42 Å². The molecule has 0 saturated carbocycles. The Morgan fingerprint density at radius 2 is 1.79 bits per heavy atom. The first kappa shape index (κ1) is 18.0. The number of benzene rings is 2. The minimum atomic E-state index is -0.419. The lowest BCUT2D eigenvalue weighted by atomic mass is 9.84. The highest BCUT2D eigenvalue weighted by atomic mass is 16.5. The molecule has 0 aliphatic heterocycles. The number of amides is 1. The lowest BCUT2D eigenvalue weighted by Gasteiger charge is -2.28. The van der Waals surface area contributed by atoms with Gasteiger partial charge >= 0.3 is 0 Å². The molecule has 1 atom stereocenters. The van der Waals surface area contributed by atoms with E-state index in [1.807, 2.05) is 56.3 Å². The van der Waals surface area contributed by atoms with Crippen LogP contribution >= 0.6 is 0 Å². The number of nitrogens with one attached hydrogen (secondary N) is 1. The van der Waals surface area contributed by atoms with Crippen LogP contribution in [0.25, 0.3) is 0 Å². The number of ether oxygens (including phenoxy) is 1. The van der Waals surface area contributed by atoms with Gasteiger partial charge in [0.15, 0.2) is 0 Å². The van der Waals surface area contributed by atoms with Crippen molar-refractivity contribution in [3.05, 3.63) is 65.7 Å². The monoisotopic (exact) mass is 327 g/mol. The van der Waals surface area contributed by atoms with Gasteiger partial charge in [-0.1, -0.05) is 49.4 Å². The Bertz CT molecular complexity index is 657. The average molecular weight is 327 g/mol. The fraction of sp³-hybridized carbons (Fsp3) is 0.350. The first-order chi connectivity index (χ1) is 11.6. The molecule has 1 amide bonds. The van der Waals surface area contributed by atoms with Crippen molar-refractivity contribution < 1.29 is 14.6 Å². The molecule has 0 fully saturated rings. The number of rotatable bonds is 8. The number of carbonyl (C=O) groups excluding carboxylic acids is 1. The third-order valence-corrected chi connectivity index (χ3v) is 3.96. The maximum absolute atomic E-state index is 12.5. The van der Waals surface area contributed by atoms with Crippen molar-refractivity contribution in [1.82, 2.24) is 5.32 Å². The van der Waals surface area contributed by atoms with Crippen molar-refractivity contribution in [1.29, 1.82) is 0 Å². The van der Waals surface area contributed by atoms with Crippen LogP contribution < -0.4 is 10.1 Å². The van der Waals surface area contributed by atoms with E-state index < -0.39 is 5.41 Å². The maximum atomic E-state index is 12.5. The van der Waals surface area contributed by atoms with E-state index in [0.717, 1.165) is 5.56 Å². The van der Waals surface area contributed by atoms with Crippen molar-refractivity contribution in [2.24, 2.45) is 5.41 Å². The lowest BCUT2D eigenvalue weighted by Crippen LogP contribution is -2.39. The Balaban J connectivity index is 2.03. The summed E-state index contributed by atoms with van der Waals surface area (Å²) in [5, 5.41) is 12.7. The van der Waals surface area contributed by atoms with Crippen molar-refractivity contribution in [2.45, 2.75) is 20.3 Å². The van der Waals surface area contributed by atoms with Crippen LogP contribution in [0.5, 0.6) is 5.75 Å². The van der Waals surface area contributed by atoms with Gasteiger partial charge in [0.1, 0.15) is 5.75 Å². The summed E-state index contributed by atoms with van der Waals surface area (Å²) in [4.78, 5) is 12.5. The molecular formula is C20H25NO3. The Hall–Kier alpha value is -2.33. The molecule has 0 saturated heterocycles. The number of hydrogen-bond donors (Lipinski definition) is 2. The molecule has 0 unspecified atom stereocenters. The molecule has 2 N–H and O–H groups in total. The van der Waals surface area contributed by atoms with E-state index in [2.05, 4.69) is 5.32 Å². The van der Waals surface area contributed by atoms with Gasteiger partial charge in [-0.25, -0.2) is 0 Å². The normalized spacial score (nSPS) is 13.1. The van der Waals surface area contributed by atoms with Gasteiger partial charge in [0, 0.05) is 12.0 Å². The second kappa shape index (κ2) is 8.50. The number of para-hydroxylation sites is 1. The first-order valence-corrected chi connectivity index (χ1v) is 8.23. The summed E-state index contributed by atoms with van der Waals surface area (Å²) < 4.78 is 5.50. The SMILES string of the molecule is CCOc1ccccc1C(=O)NC[C@](C)(CO)Cc1ccccc1. The zero-order valence-corrected chi connectivity index (χ0v) is 14.3. The van der Waals surface area contributed by atoms with Crippen molar-refractivity contribution in [3.8, 4) is 5.75 Å². The third-order valence-electron chi connectivity index (χ3n) is 3.96. The van der Waals surface area contributed by atoms with Gasteiger partial charge in [-0.05, 0) is 31.0 Å². The van der Waals surface area contributed by atoms with Crippen LogP contribution in [0.4, 0.5) is 0 Å². The molecule has 0 heterocycles. The van der Waals surface area contributed by atoms with E-state index in [1.54, 1.807) is 12.1 Å². The standard InChI is InChI=1S/C20H25NO3/c1-3-24-18-12-8-7-11-17(18)19(23)21-14-20(2,15-22)13-16-9-5-4-6-10-16/h4-12,22H,3,13-15H2,1-2H3,(H,21,23)/t20-/m1/s1. The van der Waals surface area contributed by atoms with E-state index in [-0.39, 0.29) is 12.5 Å². The number of aliphatic hydroxyl groups is 1.